The van der Waals surface area contributed by atoms with E-state index in [1.54, 1.807) is 0 Å². The predicted molar refractivity (Wildman–Crippen MR) is 111 cm³/mol. The summed E-state index contributed by atoms with van der Waals surface area (Å²) in [6.45, 7) is 4.87. The van der Waals surface area contributed by atoms with Crippen molar-refractivity contribution in [1.29, 1.82) is 0 Å². The normalized spacial score (nSPS) is 21.7. The van der Waals surface area contributed by atoms with Gasteiger partial charge in [-0.05, 0) is 62.7 Å². The maximum Gasteiger partial charge on any atom is 0.307 e. The molecular formula is C21H26N4O2S. The molecule has 2 fully saturated rings. The average Bonchev–Trinajstić information content (AvgIpc) is 3.41. The van der Waals surface area contributed by atoms with Crippen LogP contribution in [0.4, 0.5) is 0 Å². The van der Waals surface area contributed by atoms with E-state index < -0.39 is 0 Å². The zero-order chi connectivity index (χ0) is 19.8. The summed E-state index contributed by atoms with van der Waals surface area (Å²) in [7, 11) is 1.42. The molecule has 7 heteroatoms. The van der Waals surface area contributed by atoms with E-state index in [0.29, 0.717) is 24.1 Å². The standard InChI is InChI=1S/C21H26N4O2S/c1-13-12-16(14(2)25(13)15-7-8-15)20-19(17-6-4-5-10-22-17)23-21(28)24(20)11-9-18(26)27-3/h4-6,10,12,15,19-20H,7-9,11H2,1-3H3,(H,23,28). The van der Waals surface area contributed by atoms with E-state index in [2.05, 4.69) is 39.7 Å². The fourth-order valence-corrected chi connectivity index (χ4v) is 4.63. The summed E-state index contributed by atoms with van der Waals surface area (Å²) < 4.78 is 7.29. The van der Waals surface area contributed by atoms with Crippen LogP contribution in [0.2, 0.25) is 0 Å². The molecule has 2 unspecified atom stereocenters. The van der Waals surface area contributed by atoms with Crippen LogP contribution in [0.1, 0.15) is 60.0 Å². The van der Waals surface area contributed by atoms with Crippen LogP contribution in [0.25, 0.3) is 0 Å². The lowest BCUT2D eigenvalue weighted by atomic mass is 9.96. The van der Waals surface area contributed by atoms with Crippen LogP contribution in [-0.4, -0.2) is 39.2 Å². The highest BCUT2D eigenvalue weighted by Gasteiger charge is 2.42. The second-order valence-electron chi connectivity index (χ2n) is 7.57. The van der Waals surface area contributed by atoms with Crippen LogP contribution < -0.4 is 5.32 Å². The third-order valence-corrected chi connectivity index (χ3v) is 6.09. The van der Waals surface area contributed by atoms with Crippen molar-refractivity contribution < 1.29 is 9.53 Å². The number of pyridine rings is 1. The van der Waals surface area contributed by atoms with Gasteiger partial charge in [-0.15, -0.1) is 0 Å². The fraction of sp³-hybridized carbons (Fsp3) is 0.476. The Labute approximate surface area is 170 Å². The molecule has 0 bridgehead atoms. The molecule has 28 heavy (non-hydrogen) atoms. The first-order valence-corrected chi connectivity index (χ1v) is 10.1. The van der Waals surface area contributed by atoms with Crippen LogP contribution in [0.5, 0.6) is 0 Å². The highest BCUT2D eigenvalue weighted by molar-refractivity contribution is 7.80. The summed E-state index contributed by atoms with van der Waals surface area (Å²) in [6.07, 6.45) is 4.59. The van der Waals surface area contributed by atoms with Crippen LogP contribution in [-0.2, 0) is 9.53 Å². The number of nitrogens with one attached hydrogen (secondary N) is 1. The molecule has 3 heterocycles. The van der Waals surface area contributed by atoms with Crippen molar-refractivity contribution in [2.45, 2.75) is 51.2 Å². The fourth-order valence-electron chi connectivity index (χ4n) is 4.30. The maximum absolute atomic E-state index is 11.8. The summed E-state index contributed by atoms with van der Waals surface area (Å²) in [5.74, 6) is -0.230. The second-order valence-corrected chi connectivity index (χ2v) is 7.96. The molecule has 2 aliphatic rings. The third kappa shape index (κ3) is 3.39. The zero-order valence-electron chi connectivity index (χ0n) is 16.5. The molecule has 1 saturated heterocycles. The lowest BCUT2D eigenvalue weighted by molar-refractivity contribution is -0.140. The number of thiocarbonyl (C=S) groups is 1. The Bertz CT molecular complexity index is 891. The molecule has 2 atom stereocenters. The lowest BCUT2D eigenvalue weighted by Gasteiger charge is -2.28. The largest absolute Gasteiger partial charge is 0.469 e. The van der Waals surface area contributed by atoms with Gasteiger partial charge in [-0.2, -0.15) is 0 Å². The summed E-state index contributed by atoms with van der Waals surface area (Å²) in [4.78, 5) is 18.5. The molecule has 4 rings (SSSR count). The van der Waals surface area contributed by atoms with E-state index in [-0.39, 0.29) is 18.1 Å². The molecule has 1 N–H and O–H groups in total. The zero-order valence-corrected chi connectivity index (χ0v) is 17.3. The van der Waals surface area contributed by atoms with Crippen molar-refractivity contribution in [2.75, 3.05) is 13.7 Å². The quantitative estimate of drug-likeness (QED) is 0.595. The van der Waals surface area contributed by atoms with E-state index in [1.807, 2.05) is 24.4 Å². The number of carbonyl (C=O) groups is 1. The van der Waals surface area contributed by atoms with Crippen LogP contribution >= 0.6 is 12.2 Å². The predicted octanol–water partition coefficient (Wildman–Crippen LogP) is 3.37. The Morgan fingerprint density at radius 1 is 1.36 bits per heavy atom. The van der Waals surface area contributed by atoms with Crippen molar-refractivity contribution in [3.63, 3.8) is 0 Å². The molecule has 0 aromatic carbocycles. The summed E-state index contributed by atoms with van der Waals surface area (Å²) >= 11 is 5.66. The molecule has 2 aromatic heterocycles. The Morgan fingerprint density at radius 2 is 2.14 bits per heavy atom. The number of hydrogen-bond acceptors (Lipinski definition) is 4. The molecule has 0 amide bonds. The Morgan fingerprint density at radius 3 is 2.79 bits per heavy atom. The van der Waals surface area contributed by atoms with Gasteiger partial charge in [-0.1, -0.05) is 6.07 Å². The first-order chi connectivity index (χ1) is 13.5. The minimum absolute atomic E-state index is 0.00856. The molecular weight excluding hydrogens is 372 g/mol. The lowest BCUT2D eigenvalue weighted by Crippen LogP contribution is -2.32. The van der Waals surface area contributed by atoms with Crippen molar-refractivity contribution in [2.24, 2.45) is 0 Å². The monoisotopic (exact) mass is 398 g/mol. The maximum atomic E-state index is 11.8. The molecule has 1 aliphatic heterocycles. The van der Waals surface area contributed by atoms with Crippen LogP contribution in [0, 0.1) is 13.8 Å². The molecule has 6 nitrogen and oxygen atoms in total. The van der Waals surface area contributed by atoms with Gasteiger partial charge in [0.1, 0.15) is 0 Å². The topological polar surface area (TPSA) is 59.4 Å². The number of rotatable bonds is 6. The van der Waals surface area contributed by atoms with Gasteiger partial charge in [-0.25, -0.2) is 0 Å². The van der Waals surface area contributed by atoms with Gasteiger partial charge in [0, 0.05) is 30.2 Å². The number of methoxy groups -OCH3 is 1. The van der Waals surface area contributed by atoms with Gasteiger partial charge < -0.3 is 19.5 Å². The highest BCUT2D eigenvalue weighted by atomic mass is 32.1. The van der Waals surface area contributed by atoms with E-state index in [4.69, 9.17) is 17.0 Å². The molecule has 2 aromatic rings. The first-order valence-electron chi connectivity index (χ1n) is 9.74. The Balaban J connectivity index is 1.73. The molecule has 1 aliphatic carbocycles. The van der Waals surface area contributed by atoms with E-state index in [0.717, 1.165) is 5.69 Å². The van der Waals surface area contributed by atoms with Crippen molar-refractivity contribution in [3.8, 4) is 0 Å². The SMILES string of the molecule is COC(=O)CCN1C(=S)NC(c2ccccn2)C1c1cc(C)n(C2CC2)c1C. The summed E-state index contributed by atoms with van der Waals surface area (Å²) in [5, 5.41) is 4.10. The second kappa shape index (κ2) is 7.54. The van der Waals surface area contributed by atoms with Gasteiger partial charge in [0.15, 0.2) is 5.11 Å². The van der Waals surface area contributed by atoms with Crippen LogP contribution in [0.3, 0.4) is 0 Å². The van der Waals surface area contributed by atoms with E-state index >= 15 is 0 Å². The minimum Gasteiger partial charge on any atom is -0.469 e. The number of aromatic nitrogens is 2. The Kier molecular flexibility index (Phi) is 5.10. The number of carbonyl (C=O) groups excluding carboxylic acids is 1. The van der Waals surface area contributed by atoms with Crippen molar-refractivity contribution in [3.05, 3.63) is 53.1 Å². The van der Waals surface area contributed by atoms with Gasteiger partial charge in [0.2, 0.25) is 0 Å². The minimum atomic E-state index is -0.230. The van der Waals surface area contributed by atoms with Crippen molar-refractivity contribution in [1.82, 2.24) is 19.8 Å². The first kappa shape index (κ1) is 18.9. The van der Waals surface area contributed by atoms with Gasteiger partial charge >= 0.3 is 5.97 Å². The van der Waals surface area contributed by atoms with Crippen molar-refractivity contribution >= 4 is 23.3 Å². The smallest absolute Gasteiger partial charge is 0.307 e. The number of esters is 1. The number of hydrogen-bond donors (Lipinski definition) is 1. The number of nitrogens with zero attached hydrogens (tertiary/aromatic N) is 3. The molecule has 0 spiro atoms. The molecule has 148 valence electrons. The van der Waals surface area contributed by atoms with Gasteiger partial charge in [0.25, 0.3) is 0 Å². The molecule has 1 saturated carbocycles. The van der Waals surface area contributed by atoms with Gasteiger partial charge in [-0.3, -0.25) is 9.78 Å². The van der Waals surface area contributed by atoms with Crippen LogP contribution in [0.15, 0.2) is 30.5 Å². The average molecular weight is 399 g/mol. The van der Waals surface area contributed by atoms with E-state index in [9.17, 15) is 4.79 Å². The van der Waals surface area contributed by atoms with E-state index in [1.165, 1.54) is 36.9 Å². The number of aryl methyl sites for hydroxylation is 1. The highest BCUT2D eigenvalue weighted by Crippen LogP contribution is 2.44. The summed E-state index contributed by atoms with van der Waals surface area (Å²) in [5.41, 5.74) is 4.75. The molecule has 0 radical (unpaired) electrons. The Hall–Kier alpha value is -2.41. The van der Waals surface area contributed by atoms with Gasteiger partial charge in [0.05, 0.1) is 31.3 Å². The number of ether oxygens (including phenoxy) is 1. The third-order valence-electron chi connectivity index (χ3n) is 5.74. The summed E-state index contributed by atoms with van der Waals surface area (Å²) in [6, 6.07) is 8.76.